The molecule has 2 aromatic heterocycles. The maximum absolute atomic E-state index is 12.5. The van der Waals surface area contributed by atoms with Crippen molar-refractivity contribution in [2.75, 3.05) is 19.6 Å². The fourth-order valence-electron chi connectivity index (χ4n) is 3.63. The van der Waals surface area contributed by atoms with Gasteiger partial charge in [-0.3, -0.25) is 4.79 Å². The van der Waals surface area contributed by atoms with Gasteiger partial charge < -0.3 is 14.6 Å². The summed E-state index contributed by atoms with van der Waals surface area (Å²) < 4.78 is 1.92. The van der Waals surface area contributed by atoms with Gasteiger partial charge in [0.1, 0.15) is 5.65 Å². The highest BCUT2D eigenvalue weighted by molar-refractivity contribution is 5.94. The molecule has 3 aliphatic rings. The minimum Gasteiger partial charge on any atom is -0.348 e. The van der Waals surface area contributed by atoms with Crippen LogP contribution in [0.15, 0.2) is 24.5 Å². The Kier molecular flexibility index (Phi) is 2.96. The molecule has 5 heteroatoms. The Morgan fingerprint density at radius 1 is 1.29 bits per heavy atom. The summed E-state index contributed by atoms with van der Waals surface area (Å²) in [6, 6.07) is 4.07. The molecule has 2 bridgehead atoms. The first kappa shape index (κ1) is 12.8. The molecule has 0 aromatic carbocycles. The summed E-state index contributed by atoms with van der Waals surface area (Å²) >= 11 is 0. The van der Waals surface area contributed by atoms with E-state index in [2.05, 4.69) is 15.2 Å². The second-order valence-electron chi connectivity index (χ2n) is 6.28. The number of fused-ring (bicyclic) bond motifs is 4. The maximum Gasteiger partial charge on any atom is 0.253 e. The molecule has 5 rings (SSSR count). The van der Waals surface area contributed by atoms with Crippen molar-refractivity contribution in [2.45, 2.75) is 25.8 Å². The third-order valence-corrected chi connectivity index (χ3v) is 4.81. The lowest BCUT2D eigenvalue weighted by molar-refractivity contribution is 0.0620. The van der Waals surface area contributed by atoms with Crippen LogP contribution in [-0.2, 0) is 0 Å². The minimum atomic E-state index is 0.0296. The first-order valence-electron chi connectivity index (χ1n) is 7.67. The van der Waals surface area contributed by atoms with Crippen LogP contribution in [0, 0.1) is 12.8 Å². The number of piperidine rings is 3. The fraction of sp³-hybridized carbons (Fsp3) is 0.500. The number of carbonyl (C=O) groups excluding carboxylic acids is 1. The van der Waals surface area contributed by atoms with Gasteiger partial charge in [-0.25, -0.2) is 4.98 Å². The van der Waals surface area contributed by atoms with Gasteiger partial charge in [0, 0.05) is 25.0 Å². The monoisotopic (exact) mass is 284 g/mol. The third kappa shape index (κ3) is 2.31. The number of hydrogen-bond donors (Lipinski definition) is 1. The van der Waals surface area contributed by atoms with E-state index in [0.29, 0.717) is 17.5 Å². The highest BCUT2D eigenvalue weighted by Gasteiger charge is 2.34. The van der Waals surface area contributed by atoms with Crippen molar-refractivity contribution >= 4 is 11.6 Å². The molecule has 0 spiro atoms. The molecule has 110 valence electrons. The van der Waals surface area contributed by atoms with Crippen LogP contribution in [0.4, 0.5) is 0 Å². The average Bonchev–Trinajstić information content (AvgIpc) is 2.87. The van der Waals surface area contributed by atoms with E-state index >= 15 is 0 Å². The molecule has 1 amide bonds. The minimum absolute atomic E-state index is 0.0296. The molecule has 3 aliphatic heterocycles. The summed E-state index contributed by atoms with van der Waals surface area (Å²) in [6.07, 6.45) is 6.24. The van der Waals surface area contributed by atoms with E-state index in [1.807, 2.05) is 35.9 Å². The first-order valence-corrected chi connectivity index (χ1v) is 7.67. The second-order valence-corrected chi connectivity index (χ2v) is 6.28. The number of carbonyl (C=O) groups is 1. The van der Waals surface area contributed by atoms with Crippen molar-refractivity contribution in [1.29, 1.82) is 0 Å². The van der Waals surface area contributed by atoms with Crippen LogP contribution in [0.2, 0.25) is 0 Å². The zero-order valence-electron chi connectivity index (χ0n) is 12.2. The summed E-state index contributed by atoms with van der Waals surface area (Å²) in [5, 5.41) is 3.22. The van der Waals surface area contributed by atoms with Crippen molar-refractivity contribution in [3.63, 3.8) is 0 Å². The topological polar surface area (TPSA) is 49.6 Å². The first-order chi connectivity index (χ1) is 10.2. The van der Waals surface area contributed by atoms with E-state index in [4.69, 9.17) is 0 Å². The number of aryl methyl sites for hydroxylation is 1. The van der Waals surface area contributed by atoms with Crippen LogP contribution in [0.25, 0.3) is 5.65 Å². The van der Waals surface area contributed by atoms with E-state index in [0.717, 1.165) is 17.9 Å². The molecular weight excluding hydrogens is 264 g/mol. The Morgan fingerprint density at radius 3 is 2.81 bits per heavy atom. The molecule has 1 N–H and O–H groups in total. The number of nitrogens with one attached hydrogen (secondary N) is 1. The number of nitrogens with zero attached hydrogens (tertiary/aromatic N) is 3. The fourth-order valence-corrected chi connectivity index (χ4v) is 3.63. The molecule has 2 aromatic rings. The molecule has 0 unspecified atom stereocenters. The van der Waals surface area contributed by atoms with Gasteiger partial charge in [0.25, 0.3) is 5.91 Å². The lowest BCUT2D eigenvalue weighted by atomic mass is 9.84. The van der Waals surface area contributed by atoms with Crippen molar-refractivity contribution in [1.82, 2.24) is 19.6 Å². The summed E-state index contributed by atoms with van der Waals surface area (Å²) in [4.78, 5) is 19.3. The Bertz CT molecular complexity index is 685. The zero-order valence-corrected chi connectivity index (χ0v) is 12.2. The van der Waals surface area contributed by atoms with Gasteiger partial charge in [0.15, 0.2) is 0 Å². The molecule has 0 radical (unpaired) electrons. The van der Waals surface area contributed by atoms with E-state index in [1.165, 1.54) is 25.9 Å². The predicted molar refractivity (Wildman–Crippen MR) is 80.3 cm³/mol. The maximum atomic E-state index is 12.5. The quantitative estimate of drug-likeness (QED) is 0.908. The third-order valence-electron chi connectivity index (χ3n) is 4.81. The SMILES string of the molecule is Cc1cn2cc(C(=O)N[C@H]3CN4CCC3CC4)ccc2n1. The molecule has 0 aliphatic carbocycles. The van der Waals surface area contributed by atoms with Gasteiger partial charge >= 0.3 is 0 Å². The van der Waals surface area contributed by atoms with Crippen LogP contribution in [-0.4, -0.2) is 45.9 Å². The van der Waals surface area contributed by atoms with E-state index < -0.39 is 0 Å². The van der Waals surface area contributed by atoms with Crippen LogP contribution in [0.3, 0.4) is 0 Å². The standard InChI is InChI=1S/C16H20N4O/c1-11-8-20-9-13(2-3-15(20)17-11)16(21)18-14-10-19-6-4-12(14)5-7-19/h2-3,8-9,12,14H,4-7,10H2,1H3,(H,18,21)/t14-/m0/s1. The van der Waals surface area contributed by atoms with Gasteiger partial charge in [0.2, 0.25) is 0 Å². The van der Waals surface area contributed by atoms with Crippen LogP contribution in [0.1, 0.15) is 28.9 Å². The summed E-state index contributed by atoms with van der Waals surface area (Å²) in [6.45, 7) is 5.34. The molecule has 3 saturated heterocycles. The van der Waals surface area contributed by atoms with Gasteiger partial charge in [-0.15, -0.1) is 0 Å². The van der Waals surface area contributed by atoms with Crippen LogP contribution < -0.4 is 5.32 Å². The number of aromatic nitrogens is 2. The molecule has 21 heavy (non-hydrogen) atoms. The van der Waals surface area contributed by atoms with Gasteiger partial charge in [-0.1, -0.05) is 0 Å². The number of rotatable bonds is 2. The molecule has 0 saturated carbocycles. The van der Waals surface area contributed by atoms with Crippen molar-refractivity contribution in [3.8, 4) is 0 Å². The van der Waals surface area contributed by atoms with Crippen molar-refractivity contribution in [3.05, 3.63) is 35.8 Å². The van der Waals surface area contributed by atoms with Gasteiger partial charge in [-0.2, -0.15) is 0 Å². The molecule has 1 atom stereocenters. The van der Waals surface area contributed by atoms with E-state index in [9.17, 15) is 4.79 Å². The molecule has 5 heterocycles. The highest BCUT2D eigenvalue weighted by atomic mass is 16.1. The zero-order chi connectivity index (χ0) is 14.4. The number of pyridine rings is 1. The smallest absolute Gasteiger partial charge is 0.253 e. The Balaban J connectivity index is 1.53. The molecular formula is C16H20N4O. The largest absolute Gasteiger partial charge is 0.348 e. The average molecular weight is 284 g/mol. The Morgan fingerprint density at radius 2 is 2.10 bits per heavy atom. The van der Waals surface area contributed by atoms with Crippen molar-refractivity contribution in [2.24, 2.45) is 5.92 Å². The summed E-state index contributed by atoms with van der Waals surface area (Å²) in [7, 11) is 0. The number of imidazole rings is 1. The lowest BCUT2D eigenvalue weighted by Crippen LogP contribution is -2.57. The summed E-state index contributed by atoms with van der Waals surface area (Å²) in [5.74, 6) is 0.681. The van der Waals surface area contributed by atoms with Gasteiger partial charge in [0.05, 0.1) is 11.3 Å². The van der Waals surface area contributed by atoms with E-state index in [1.54, 1.807) is 0 Å². The number of amides is 1. The highest BCUT2D eigenvalue weighted by Crippen LogP contribution is 2.27. The predicted octanol–water partition coefficient (Wildman–Crippen LogP) is 1.47. The molecule has 5 nitrogen and oxygen atoms in total. The van der Waals surface area contributed by atoms with Crippen molar-refractivity contribution < 1.29 is 4.79 Å². The van der Waals surface area contributed by atoms with E-state index in [-0.39, 0.29) is 5.91 Å². The molecule has 3 fully saturated rings. The number of hydrogen-bond acceptors (Lipinski definition) is 3. The summed E-state index contributed by atoms with van der Waals surface area (Å²) in [5.41, 5.74) is 2.55. The Hall–Kier alpha value is -1.88. The second kappa shape index (κ2) is 4.84. The Labute approximate surface area is 124 Å². The normalized spacial score (nSPS) is 28.0. The van der Waals surface area contributed by atoms with Gasteiger partial charge in [-0.05, 0) is 50.9 Å². The lowest BCUT2D eigenvalue weighted by Gasteiger charge is -2.44. The van der Waals surface area contributed by atoms with Crippen LogP contribution >= 0.6 is 0 Å². The van der Waals surface area contributed by atoms with Crippen LogP contribution in [0.5, 0.6) is 0 Å².